The molecule has 0 saturated heterocycles. The zero-order chi connectivity index (χ0) is 33.3. The molecular weight excluding hydrogens is 605 g/mol. The predicted octanol–water partition coefficient (Wildman–Crippen LogP) is 13.7. The summed E-state index contributed by atoms with van der Waals surface area (Å²) >= 11 is 0. The maximum Gasteiger partial charge on any atom is 0.0540 e. The van der Waals surface area contributed by atoms with E-state index in [1.54, 1.807) is 0 Å². The molecule has 0 aliphatic carbocycles. The third-order valence-electron chi connectivity index (χ3n) is 9.56. The molecule has 9 aromatic rings. The summed E-state index contributed by atoms with van der Waals surface area (Å²) < 4.78 is 0. The summed E-state index contributed by atoms with van der Waals surface area (Å²) in [5.41, 5.74) is 9.16. The standard InChI is InChI=1S/C48H34N2/c1-5-13-35(14-6-1)21-22-36-23-29-42(30-24-36)50(41-19-11-4-12-20-41)46-34-28-38-25-31-43-45(33-27-37-26-32-44(46)48(38)47(37)43)49(39-15-7-2-8-16-39)40-17-9-3-10-18-40/h1-34H. The first-order valence-electron chi connectivity index (χ1n) is 17.1. The first-order valence-corrected chi connectivity index (χ1v) is 17.1. The molecule has 50 heavy (non-hydrogen) atoms. The second kappa shape index (κ2) is 12.8. The molecule has 0 saturated carbocycles. The van der Waals surface area contributed by atoms with Gasteiger partial charge in [0.15, 0.2) is 0 Å². The van der Waals surface area contributed by atoms with Gasteiger partial charge in [-0.05, 0) is 93.3 Å². The average molecular weight is 639 g/mol. The fraction of sp³-hybridized carbons (Fsp3) is 0. The quantitative estimate of drug-likeness (QED) is 0.121. The molecule has 0 aromatic heterocycles. The zero-order valence-electron chi connectivity index (χ0n) is 27.5. The number of hydrogen-bond acceptors (Lipinski definition) is 2. The molecule has 0 heterocycles. The zero-order valence-corrected chi connectivity index (χ0v) is 27.5. The summed E-state index contributed by atoms with van der Waals surface area (Å²) in [5.74, 6) is 0. The summed E-state index contributed by atoms with van der Waals surface area (Å²) in [5, 5.41) is 7.49. The highest BCUT2D eigenvalue weighted by Gasteiger charge is 2.21. The Balaban J connectivity index is 1.22. The van der Waals surface area contributed by atoms with Crippen LogP contribution < -0.4 is 9.80 Å². The van der Waals surface area contributed by atoms with Gasteiger partial charge in [-0.15, -0.1) is 0 Å². The van der Waals surface area contributed by atoms with E-state index in [2.05, 4.69) is 210 Å². The van der Waals surface area contributed by atoms with E-state index < -0.39 is 0 Å². The summed E-state index contributed by atoms with van der Waals surface area (Å²) in [6.07, 6.45) is 4.34. The molecule has 0 radical (unpaired) electrons. The lowest BCUT2D eigenvalue weighted by molar-refractivity contribution is 1.30. The molecule has 0 aliphatic heterocycles. The van der Waals surface area contributed by atoms with Gasteiger partial charge in [-0.25, -0.2) is 0 Å². The highest BCUT2D eigenvalue weighted by Crippen LogP contribution is 2.47. The topological polar surface area (TPSA) is 6.48 Å². The summed E-state index contributed by atoms with van der Waals surface area (Å²) in [7, 11) is 0. The van der Waals surface area contributed by atoms with Crippen molar-refractivity contribution in [3.8, 4) is 0 Å². The Bertz CT molecular complexity index is 2520. The van der Waals surface area contributed by atoms with Crippen LogP contribution in [0.25, 0.3) is 44.5 Å². The predicted molar refractivity (Wildman–Crippen MR) is 215 cm³/mol. The molecule has 0 unspecified atom stereocenters. The molecule has 9 rings (SSSR count). The van der Waals surface area contributed by atoms with Gasteiger partial charge < -0.3 is 9.80 Å². The smallest absolute Gasteiger partial charge is 0.0540 e. The second-order valence-electron chi connectivity index (χ2n) is 12.6. The maximum absolute atomic E-state index is 2.39. The van der Waals surface area contributed by atoms with Gasteiger partial charge in [0, 0.05) is 33.5 Å². The van der Waals surface area contributed by atoms with Crippen LogP contribution >= 0.6 is 0 Å². The number of rotatable bonds is 8. The Hall–Kier alpha value is -6.64. The molecule has 236 valence electrons. The van der Waals surface area contributed by atoms with Crippen LogP contribution in [0.5, 0.6) is 0 Å². The van der Waals surface area contributed by atoms with E-state index in [0.29, 0.717) is 0 Å². The van der Waals surface area contributed by atoms with Crippen LogP contribution in [-0.2, 0) is 0 Å². The molecule has 2 heteroatoms. The fourth-order valence-electron chi connectivity index (χ4n) is 7.24. The van der Waals surface area contributed by atoms with Gasteiger partial charge in [-0.1, -0.05) is 146 Å². The summed E-state index contributed by atoms with van der Waals surface area (Å²) in [4.78, 5) is 4.76. The highest BCUT2D eigenvalue weighted by atomic mass is 15.1. The summed E-state index contributed by atoms with van der Waals surface area (Å²) in [6.45, 7) is 0. The highest BCUT2D eigenvalue weighted by molar-refractivity contribution is 6.28. The van der Waals surface area contributed by atoms with Crippen LogP contribution in [-0.4, -0.2) is 0 Å². The van der Waals surface area contributed by atoms with Crippen molar-refractivity contribution >= 4 is 78.6 Å². The van der Waals surface area contributed by atoms with E-state index >= 15 is 0 Å². The SMILES string of the molecule is C(=Cc1ccc(N(c2ccccc2)c2ccc3ccc4c(N(c5ccccc5)c5ccccc5)ccc5ccc2c3c54)cc1)c1ccccc1. The fourth-order valence-corrected chi connectivity index (χ4v) is 7.24. The monoisotopic (exact) mass is 638 g/mol. The van der Waals surface area contributed by atoms with Crippen LogP contribution in [0.4, 0.5) is 34.1 Å². The van der Waals surface area contributed by atoms with Crippen LogP contribution in [0.1, 0.15) is 11.1 Å². The molecule has 0 spiro atoms. The van der Waals surface area contributed by atoms with Crippen molar-refractivity contribution in [2.24, 2.45) is 0 Å². The van der Waals surface area contributed by atoms with Crippen LogP contribution in [0.15, 0.2) is 194 Å². The second-order valence-corrected chi connectivity index (χ2v) is 12.6. The normalized spacial score (nSPS) is 11.5. The Kier molecular flexibility index (Phi) is 7.53. The molecular formula is C48H34N2. The number of nitrogens with zero attached hydrogens (tertiary/aromatic N) is 2. The number of hydrogen-bond donors (Lipinski definition) is 0. The van der Waals surface area contributed by atoms with Gasteiger partial charge in [0.05, 0.1) is 11.4 Å². The van der Waals surface area contributed by atoms with Gasteiger partial charge in [-0.3, -0.25) is 0 Å². The minimum atomic E-state index is 1.11. The van der Waals surface area contributed by atoms with Crippen molar-refractivity contribution < 1.29 is 0 Å². The Morgan fingerprint density at radius 1 is 0.280 bits per heavy atom. The van der Waals surface area contributed by atoms with Gasteiger partial charge in [0.1, 0.15) is 0 Å². The van der Waals surface area contributed by atoms with E-state index in [4.69, 9.17) is 0 Å². The molecule has 0 amide bonds. The average Bonchev–Trinajstić information content (AvgIpc) is 3.19. The number of benzene rings is 9. The van der Waals surface area contributed by atoms with Crippen LogP contribution in [0.2, 0.25) is 0 Å². The van der Waals surface area contributed by atoms with Gasteiger partial charge in [0.2, 0.25) is 0 Å². The maximum atomic E-state index is 2.39. The van der Waals surface area contributed by atoms with Crippen molar-refractivity contribution in [2.75, 3.05) is 9.80 Å². The first kappa shape index (κ1) is 29.5. The number of anilines is 6. The third-order valence-corrected chi connectivity index (χ3v) is 9.56. The van der Waals surface area contributed by atoms with E-state index in [1.807, 2.05) is 6.07 Å². The van der Waals surface area contributed by atoms with Gasteiger partial charge in [0.25, 0.3) is 0 Å². The van der Waals surface area contributed by atoms with E-state index in [-0.39, 0.29) is 0 Å². The molecule has 9 aromatic carbocycles. The lowest BCUT2D eigenvalue weighted by Gasteiger charge is -2.29. The molecule has 0 fully saturated rings. The van der Waals surface area contributed by atoms with Crippen LogP contribution in [0.3, 0.4) is 0 Å². The molecule has 0 bridgehead atoms. The Labute approximate surface area is 292 Å². The van der Waals surface area contributed by atoms with Crippen LogP contribution in [0, 0.1) is 0 Å². The molecule has 0 atom stereocenters. The first-order chi connectivity index (χ1) is 24.8. The van der Waals surface area contributed by atoms with Crippen molar-refractivity contribution in [3.63, 3.8) is 0 Å². The summed E-state index contributed by atoms with van der Waals surface area (Å²) in [6, 6.07) is 69.6. The Morgan fingerprint density at radius 3 is 1.04 bits per heavy atom. The van der Waals surface area contributed by atoms with Crippen molar-refractivity contribution in [3.05, 3.63) is 205 Å². The number of para-hydroxylation sites is 3. The molecule has 0 aliphatic rings. The Morgan fingerprint density at radius 2 is 0.620 bits per heavy atom. The van der Waals surface area contributed by atoms with Gasteiger partial charge in [-0.2, -0.15) is 0 Å². The van der Waals surface area contributed by atoms with Crippen molar-refractivity contribution in [2.45, 2.75) is 0 Å². The lowest BCUT2D eigenvalue weighted by atomic mass is 9.91. The minimum Gasteiger partial charge on any atom is -0.310 e. The van der Waals surface area contributed by atoms with E-state index in [9.17, 15) is 0 Å². The van der Waals surface area contributed by atoms with E-state index in [1.165, 1.54) is 37.9 Å². The molecule has 0 N–H and O–H groups in total. The van der Waals surface area contributed by atoms with E-state index in [0.717, 1.165) is 39.7 Å². The largest absolute Gasteiger partial charge is 0.310 e. The van der Waals surface area contributed by atoms with Crippen molar-refractivity contribution in [1.29, 1.82) is 0 Å². The van der Waals surface area contributed by atoms with Crippen molar-refractivity contribution in [1.82, 2.24) is 0 Å². The van der Waals surface area contributed by atoms with Gasteiger partial charge >= 0.3 is 0 Å². The lowest BCUT2D eigenvalue weighted by Crippen LogP contribution is -2.11. The third kappa shape index (κ3) is 5.34. The minimum absolute atomic E-state index is 1.11. The molecule has 2 nitrogen and oxygen atoms in total.